The van der Waals surface area contributed by atoms with Crippen molar-refractivity contribution in [2.75, 3.05) is 31.5 Å². The first-order valence-electron chi connectivity index (χ1n) is 13.5. The zero-order valence-electron chi connectivity index (χ0n) is 23.8. The number of nitrogens with zero attached hydrogens (tertiary/aromatic N) is 2. The highest BCUT2D eigenvalue weighted by molar-refractivity contribution is 7.92. The van der Waals surface area contributed by atoms with Crippen molar-refractivity contribution in [3.8, 4) is 5.75 Å². The van der Waals surface area contributed by atoms with E-state index in [-0.39, 0.29) is 47.5 Å². The number of alkyl halides is 3. The third kappa shape index (κ3) is 7.64. The largest absolute Gasteiger partial charge is 0.486 e. The molecule has 8 nitrogen and oxygen atoms in total. The van der Waals surface area contributed by atoms with E-state index in [0.717, 1.165) is 36.4 Å². The Balaban J connectivity index is 1.66. The van der Waals surface area contributed by atoms with Crippen LogP contribution in [-0.2, 0) is 22.7 Å². The van der Waals surface area contributed by atoms with Crippen LogP contribution >= 0.6 is 0 Å². The number of anilines is 1. The van der Waals surface area contributed by atoms with Gasteiger partial charge < -0.3 is 14.7 Å². The average Bonchev–Trinajstić information content (AvgIpc) is 2.94. The molecule has 232 valence electrons. The molecule has 4 rings (SSSR count). The Hall–Kier alpha value is -3.68. The number of rotatable bonds is 9. The first kappa shape index (κ1) is 32.2. The van der Waals surface area contributed by atoms with E-state index in [0.29, 0.717) is 12.1 Å². The minimum absolute atomic E-state index is 0.00345. The maximum atomic E-state index is 13.7. The number of amides is 1. The monoisotopic (exact) mass is 623 g/mol. The van der Waals surface area contributed by atoms with Gasteiger partial charge in [-0.2, -0.15) is 13.2 Å². The summed E-state index contributed by atoms with van der Waals surface area (Å²) in [6.45, 7) is 4.05. The van der Waals surface area contributed by atoms with E-state index in [4.69, 9.17) is 4.74 Å². The number of para-hydroxylation sites is 1. The van der Waals surface area contributed by atoms with Gasteiger partial charge in [-0.05, 0) is 68.1 Å². The average molecular weight is 624 g/mol. The topological polar surface area (TPSA) is 99.2 Å². The summed E-state index contributed by atoms with van der Waals surface area (Å²) in [6, 6.07) is 13.0. The molecule has 43 heavy (non-hydrogen) atoms. The Kier molecular flexibility index (Phi) is 9.67. The van der Waals surface area contributed by atoms with Crippen LogP contribution in [0.5, 0.6) is 5.75 Å². The molecule has 0 saturated carbocycles. The molecule has 0 saturated heterocycles. The van der Waals surface area contributed by atoms with Crippen LogP contribution < -0.4 is 9.46 Å². The highest BCUT2D eigenvalue weighted by Gasteiger charge is 2.35. The van der Waals surface area contributed by atoms with Crippen molar-refractivity contribution in [2.45, 2.75) is 43.6 Å². The smallest absolute Gasteiger partial charge is 0.416 e. The van der Waals surface area contributed by atoms with Gasteiger partial charge >= 0.3 is 6.18 Å². The predicted octanol–water partition coefficient (Wildman–Crippen LogP) is 5.00. The third-order valence-corrected chi connectivity index (χ3v) is 8.67. The molecule has 0 radical (unpaired) electrons. The Morgan fingerprint density at radius 3 is 2.35 bits per heavy atom. The number of aliphatic hydroxyl groups is 1. The fourth-order valence-corrected chi connectivity index (χ4v) is 5.90. The molecule has 3 aromatic rings. The predicted molar refractivity (Wildman–Crippen MR) is 153 cm³/mol. The van der Waals surface area contributed by atoms with Gasteiger partial charge in [-0.15, -0.1) is 0 Å². The molecule has 13 heteroatoms. The lowest BCUT2D eigenvalue weighted by Crippen LogP contribution is -2.49. The van der Waals surface area contributed by atoms with E-state index in [2.05, 4.69) is 4.72 Å². The summed E-state index contributed by atoms with van der Waals surface area (Å²) >= 11 is 0. The quantitative estimate of drug-likeness (QED) is 0.326. The number of carbonyl (C=O) groups excluding carboxylic acids is 1. The van der Waals surface area contributed by atoms with Gasteiger partial charge in [0.25, 0.3) is 15.9 Å². The number of aliphatic hydroxyl groups excluding tert-OH is 1. The molecule has 1 aliphatic rings. The maximum absolute atomic E-state index is 13.7. The van der Waals surface area contributed by atoms with Crippen molar-refractivity contribution >= 4 is 21.6 Å². The van der Waals surface area contributed by atoms with Crippen molar-refractivity contribution in [3.05, 3.63) is 89.2 Å². The number of hydrogen-bond donors (Lipinski definition) is 2. The highest BCUT2D eigenvalue weighted by atomic mass is 32.2. The Labute approximate surface area is 247 Å². The number of fused-ring (bicyclic) bond motifs is 1. The van der Waals surface area contributed by atoms with Gasteiger partial charge in [-0.25, -0.2) is 12.8 Å². The van der Waals surface area contributed by atoms with Crippen LogP contribution in [0.3, 0.4) is 0 Å². The lowest BCUT2D eigenvalue weighted by Gasteiger charge is -2.38. The Morgan fingerprint density at radius 2 is 1.74 bits per heavy atom. The van der Waals surface area contributed by atoms with Gasteiger partial charge in [0.2, 0.25) is 0 Å². The summed E-state index contributed by atoms with van der Waals surface area (Å²) < 4.78 is 87.6. The van der Waals surface area contributed by atoms with Crippen molar-refractivity contribution < 1.29 is 40.6 Å². The summed E-state index contributed by atoms with van der Waals surface area (Å²) in [5.41, 5.74) is -0.0168. The van der Waals surface area contributed by atoms with Crippen LogP contribution in [0.15, 0.2) is 71.6 Å². The lowest BCUT2D eigenvalue weighted by atomic mass is 9.99. The van der Waals surface area contributed by atoms with E-state index in [1.54, 1.807) is 14.0 Å². The van der Waals surface area contributed by atoms with Gasteiger partial charge in [0.1, 0.15) is 11.9 Å². The molecule has 3 aromatic carbocycles. The first-order chi connectivity index (χ1) is 20.2. The number of hydrogen-bond acceptors (Lipinski definition) is 6. The minimum atomic E-state index is -4.44. The minimum Gasteiger partial charge on any atom is -0.486 e. The second kappa shape index (κ2) is 12.9. The van der Waals surface area contributed by atoms with Gasteiger partial charge in [0, 0.05) is 25.6 Å². The fourth-order valence-electron chi connectivity index (χ4n) is 4.84. The van der Waals surface area contributed by atoms with Crippen LogP contribution in [0, 0.1) is 11.7 Å². The molecule has 3 atom stereocenters. The van der Waals surface area contributed by atoms with Crippen molar-refractivity contribution in [1.82, 2.24) is 9.80 Å². The molecular formula is C30H33F4N3O5S. The molecule has 0 aromatic heterocycles. The maximum Gasteiger partial charge on any atom is 0.416 e. The number of benzene rings is 3. The zero-order valence-corrected chi connectivity index (χ0v) is 24.6. The molecule has 0 fully saturated rings. The Morgan fingerprint density at radius 1 is 1.09 bits per heavy atom. The van der Waals surface area contributed by atoms with E-state index >= 15 is 0 Å². The van der Waals surface area contributed by atoms with E-state index < -0.39 is 45.6 Å². The number of sulfonamides is 1. The molecule has 2 N–H and O–H groups in total. The van der Waals surface area contributed by atoms with Crippen LogP contribution in [-0.4, -0.2) is 68.1 Å². The molecule has 0 aliphatic carbocycles. The second-order valence-electron chi connectivity index (χ2n) is 10.8. The third-order valence-electron chi connectivity index (χ3n) is 7.28. The second-order valence-corrected chi connectivity index (χ2v) is 12.4. The van der Waals surface area contributed by atoms with Crippen molar-refractivity contribution in [3.63, 3.8) is 0 Å². The highest BCUT2D eigenvalue weighted by Crippen LogP contribution is 2.36. The molecular weight excluding hydrogens is 590 g/mol. The summed E-state index contributed by atoms with van der Waals surface area (Å²) in [4.78, 5) is 16.8. The summed E-state index contributed by atoms with van der Waals surface area (Å²) in [5, 5.41) is 9.88. The summed E-state index contributed by atoms with van der Waals surface area (Å²) in [6.07, 6.45) is -5.04. The van der Waals surface area contributed by atoms with Crippen LogP contribution in [0.4, 0.5) is 23.2 Å². The zero-order chi connectivity index (χ0) is 31.5. The van der Waals surface area contributed by atoms with E-state index in [1.807, 2.05) is 11.8 Å². The van der Waals surface area contributed by atoms with E-state index in [1.165, 1.54) is 35.2 Å². The van der Waals surface area contributed by atoms with Crippen LogP contribution in [0.1, 0.15) is 35.3 Å². The number of likely N-dealkylation sites (N-methyl/N-ethyl adjacent to an activating group) is 1. The molecule has 0 bridgehead atoms. The van der Waals surface area contributed by atoms with Gasteiger partial charge in [0.15, 0.2) is 5.75 Å². The van der Waals surface area contributed by atoms with Crippen molar-refractivity contribution in [1.29, 1.82) is 0 Å². The number of halogens is 4. The SMILES string of the molecule is C[C@@H]1CN([C@H](C)CO)C(=O)c2cccc(NS(=O)(=O)c3ccc(F)cc3)c2O[C@@H]1CN(C)Cc1ccc(C(F)(F)F)cc1. The molecule has 0 spiro atoms. The normalized spacial score (nSPS) is 18.4. The molecule has 0 unspecified atom stereocenters. The molecule has 1 heterocycles. The van der Waals surface area contributed by atoms with Gasteiger partial charge in [-0.1, -0.05) is 25.1 Å². The van der Waals surface area contributed by atoms with Crippen LogP contribution in [0.2, 0.25) is 0 Å². The first-order valence-corrected chi connectivity index (χ1v) is 15.0. The summed E-state index contributed by atoms with van der Waals surface area (Å²) in [5.74, 6) is -1.37. The number of ether oxygens (including phenoxy) is 1. The number of carbonyl (C=O) groups is 1. The molecule has 1 aliphatic heterocycles. The van der Waals surface area contributed by atoms with Crippen molar-refractivity contribution in [2.24, 2.45) is 5.92 Å². The Bertz CT molecular complexity index is 1530. The lowest BCUT2D eigenvalue weighted by molar-refractivity contribution is -0.137. The number of nitrogens with one attached hydrogen (secondary N) is 1. The standard InChI is InChI=1S/C30H33F4N3O5S/c1-19-15-37(20(2)18-38)29(39)25-5-4-6-26(35-43(40,41)24-13-11-23(31)12-14-24)28(25)42-27(19)17-36(3)16-21-7-9-22(10-8-21)30(32,33)34/h4-14,19-20,27,35,38H,15-18H2,1-3H3/t19-,20-,27-/m1/s1. The van der Waals surface area contributed by atoms with Crippen LogP contribution in [0.25, 0.3) is 0 Å². The summed E-state index contributed by atoms with van der Waals surface area (Å²) in [7, 11) is -2.42. The van der Waals surface area contributed by atoms with Gasteiger partial charge in [0.05, 0.1) is 34.4 Å². The molecule has 1 amide bonds. The fraction of sp³-hybridized carbons (Fsp3) is 0.367. The van der Waals surface area contributed by atoms with E-state index in [9.17, 15) is 35.9 Å². The van der Waals surface area contributed by atoms with Gasteiger partial charge in [-0.3, -0.25) is 14.4 Å².